The Labute approximate surface area is 129 Å². The van der Waals surface area contributed by atoms with Gasteiger partial charge in [-0.05, 0) is 34.5 Å². The van der Waals surface area contributed by atoms with Crippen molar-refractivity contribution in [2.24, 2.45) is 0 Å². The predicted octanol–water partition coefficient (Wildman–Crippen LogP) is 2.94. The summed E-state index contributed by atoms with van der Waals surface area (Å²) in [6, 6.07) is 16.8. The molecular formula is C17H14N2O2S. The molecule has 0 spiro atoms. The van der Waals surface area contributed by atoms with Gasteiger partial charge in [-0.15, -0.1) is 0 Å². The van der Waals surface area contributed by atoms with E-state index in [1.54, 1.807) is 18.3 Å². The van der Waals surface area contributed by atoms with Gasteiger partial charge in [0.15, 0.2) is 0 Å². The van der Waals surface area contributed by atoms with Gasteiger partial charge in [-0.2, -0.15) is 4.31 Å². The van der Waals surface area contributed by atoms with E-state index in [2.05, 4.69) is 4.98 Å². The zero-order valence-electron chi connectivity index (χ0n) is 11.8. The van der Waals surface area contributed by atoms with Gasteiger partial charge in [-0.25, -0.2) is 8.42 Å². The molecule has 110 valence electrons. The van der Waals surface area contributed by atoms with Gasteiger partial charge >= 0.3 is 0 Å². The van der Waals surface area contributed by atoms with Crippen LogP contribution in [0.2, 0.25) is 0 Å². The fourth-order valence-corrected chi connectivity index (χ4v) is 4.23. The highest BCUT2D eigenvalue weighted by Crippen LogP contribution is 2.28. The molecule has 0 bridgehead atoms. The van der Waals surface area contributed by atoms with E-state index in [-0.39, 0.29) is 0 Å². The maximum atomic E-state index is 12.8. The molecule has 0 amide bonds. The van der Waals surface area contributed by atoms with Gasteiger partial charge in [-0.1, -0.05) is 36.4 Å². The molecule has 2 heterocycles. The lowest BCUT2D eigenvalue weighted by atomic mass is 10.1. The first-order chi connectivity index (χ1) is 10.6. The van der Waals surface area contributed by atoms with Crippen molar-refractivity contribution >= 4 is 20.8 Å². The molecule has 0 fully saturated rings. The second kappa shape index (κ2) is 4.90. The molecule has 1 aromatic heterocycles. The third-order valence-corrected chi connectivity index (χ3v) is 5.80. The Morgan fingerprint density at radius 1 is 0.909 bits per heavy atom. The monoisotopic (exact) mass is 310 g/mol. The average molecular weight is 310 g/mol. The smallest absolute Gasteiger partial charge is 0.243 e. The van der Waals surface area contributed by atoms with Crippen molar-refractivity contribution in [3.05, 3.63) is 72.1 Å². The van der Waals surface area contributed by atoms with Crippen LogP contribution in [-0.2, 0) is 23.1 Å². The van der Waals surface area contributed by atoms with E-state index in [1.807, 2.05) is 42.5 Å². The normalized spacial score (nSPS) is 15.1. The van der Waals surface area contributed by atoms with Gasteiger partial charge in [0, 0.05) is 12.7 Å². The van der Waals surface area contributed by atoms with Gasteiger partial charge in [0.05, 0.1) is 17.1 Å². The number of rotatable bonds is 2. The van der Waals surface area contributed by atoms with Gasteiger partial charge in [0.2, 0.25) is 10.0 Å². The fraction of sp³-hybridized carbons (Fsp3) is 0.118. The van der Waals surface area contributed by atoms with Gasteiger partial charge in [0.1, 0.15) is 0 Å². The van der Waals surface area contributed by atoms with Gasteiger partial charge in [-0.3, -0.25) is 4.98 Å². The molecule has 0 unspecified atom stereocenters. The number of pyridine rings is 1. The molecule has 0 aliphatic carbocycles. The van der Waals surface area contributed by atoms with Crippen LogP contribution in [0.1, 0.15) is 11.3 Å². The highest BCUT2D eigenvalue weighted by atomic mass is 32.2. The van der Waals surface area contributed by atoms with E-state index < -0.39 is 10.0 Å². The third-order valence-electron chi connectivity index (χ3n) is 4.02. The van der Waals surface area contributed by atoms with Crippen molar-refractivity contribution in [3.63, 3.8) is 0 Å². The summed E-state index contributed by atoms with van der Waals surface area (Å²) in [7, 11) is -3.50. The number of benzene rings is 2. The van der Waals surface area contributed by atoms with Crippen LogP contribution in [0.5, 0.6) is 0 Å². The van der Waals surface area contributed by atoms with E-state index in [9.17, 15) is 8.42 Å². The van der Waals surface area contributed by atoms with Crippen LogP contribution in [-0.4, -0.2) is 17.7 Å². The second-order valence-electron chi connectivity index (χ2n) is 5.39. The highest BCUT2D eigenvalue weighted by Gasteiger charge is 2.31. The lowest BCUT2D eigenvalue weighted by Gasteiger charge is -2.15. The molecule has 1 aliphatic rings. The molecular weight excluding hydrogens is 296 g/mol. The zero-order valence-corrected chi connectivity index (χ0v) is 12.6. The summed E-state index contributed by atoms with van der Waals surface area (Å²) in [5.41, 5.74) is 1.82. The molecule has 4 rings (SSSR count). The summed E-state index contributed by atoms with van der Waals surface area (Å²) in [5, 5.41) is 1.96. The Balaban J connectivity index is 1.74. The average Bonchev–Trinajstić information content (AvgIpc) is 2.99. The molecule has 0 saturated carbocycles. The molecule has 0 saturated heterocycles. The number of sulfonamides is 1. The molecule has 4 nitrogen and oxygen atoms in total. The molecule has 5 heteroatoms. The second-order valence-corrected chi connectivity index (χ2v) is 7.33. The molecule has 1 aliphatic heterocycles. The van der Waals surface area contributed by atoms with E-state index in [4.69, 9.17) is 0 Å². The zero-order chi connectivity index (χ0) is 15.2. The van der Waals surface area contributed by atoms with Crippen LogP contribution in [0, 0.1) is 0 Å². The van der Waals surface area contributed by atoms with Crippen molar-refractivity contribution in [2.45, 2.75) is 18.0 Å². The van der Waals surface area contributed by atoms with Gasteiger partial charge in [0.25, 0.3) is 0 Å². The number of hydrogen-bond acceptors (Lipinski definition) is 3. The Hall–Kier alpha value is -2.24. The number of fused-ring (bicyclic) bond motifs is 2. The first kappa shape index (κ1) is 13.4. The summed E-state index contributed by atoms with van der Waals surface area (Å²) in [6.45, 7) is 0.726. The molecule has 0 atom stereocenters. The minimum Gasteiger partial charge on any atom is -0.260 e. The molecule has 22 heavy (non-hydrogen) atoms. The maximum Gasteiger partial charge on any atom is 0.243 e. The van der Waals surface area contributed by atoms with E-state index in [0.29, 0.717) is 18.0 Å². The third kappa shape index (κ3) is 2.10. The van der Waals surface area contributed by atoms with Crippen LogP contribution in [0.3, 0.4) is 0 Å². The Morgan fingerprint density at radius 2 is 1.73 bits per heavy atom. The highest BCUT2D eigenvalue weighted by molar-refractivity contribution is 7.89. The minimum atomic E-state index is -3.50. The quantitative estimate of drug-likeness (QED) is 0.731. The first-order valence-electron chi connectivity index (χ1n) is 7.06. The fourth-order valence-electron chi connectivity index (χ4n) is 2.82. The SMILES string of the molecule is O=S(=O)(c1ccc2ccccc2c1)N1Cc2cccnc2C1. The van der Waals surface area contributed by atoms with E-state index >= 15 is 0 Å². The van der Waals surface area contributed by atoms with Crippen molar-refractivity contribution < 1.29 is 8.42 Å². The standard InChI is InChI=1S/C17H14N2O2S/c20-22(21,19-11-15-6-3-9-18-17(15)12-19)16-8-7-13-4-1-2-5-14(13)10-16/h1-10H,11-12H2. The summed E-state index contributed by atoms with van der Waals surface area (Å²) in [6.07, 6.45) is 1.70. The maximum absolute atomic E-state index is 12.8. The van der Waals surface area contributed by atoms with Crippen molar-refractivity contribution in [3.8, 4) is 0 Å². The van der Waals surface area contributed by atoms with E-state index in [1.165, 1.54) is 4.31 Å². The van der Waals surface area contributed by atoms with Crippen LogP contribution >= 0.6 is 0 Å². The lowest BCUT2D eigenvalue weighted by Crippen LogP contribution is -2.25. The molecule has 0 N–H and O–H groups in total. The Morgan fingerprint density at radius 3 is 2.55 bits per heavy atom. The van der Waals surface area contributed by atoms with Crippen LogP contribution in [0.25, 0.3) is 10.8 Å². The summed E-state index contributed by atoms with van der Waals surface area (Å²) >= 11 is 0. The number of aromatic nitrogens is 1. The van der Waals surface area contributed by atoms with Crippen LogP contribution < -0.4 is 0 Å². The summed E-state index contributed by atoms with van der Waals surface area (Å²) in [5.74, 6) is 0. The lowest BCUT2D eigenvalue weighted by molar-refractivity contribution is 0.430. The van der Waals surface area contributed by atoms with Crippen molar-refractivity contribution in [1.82, 2.24) is 9.29 Å². The number of hydrogen-bond donors (Lipinski definition) is 0. The van der Waals surface area contributed by atoms with Gasteiger partial charge < -0.3 is 0 Å². The van der Waals surface area contributed by atoms with Crippen LogP contribution in [0.15, 0.2) is 65.7 Å². The van der Waals surface area contributed by atoms with Crippen molar-refractivity contribution in [2.75, 3.05) is 0 Å². The molecule has 2 aromatic carbocycles. The largest absolute Gasteiger partial charge is 0.260 e. The minimum absolute atomic E-state index is 0.332. The first-order valence-corrected chi connectivity index (χ1v) is 8.50. The number of nitrogens with zero attached hydrogens (tertiary/aromatic N) is 2. The molecule has 3 aromatic rings. The predicted molar refractivity (Wildman–Crippen MR) is 84.6 cm³/mol. The Kier molecular flexibility index (Phi) is 2.99. The van der Waals surface area contributed by atoms with E-state index in [0.717, 1.165) is 22.0 Å². The summed E-state index contributed by atoms with van der Waals surface area (Å²) < 4.78 is 27.2. The Bertz CT molecular complexity index is 942. The van der Waals surface area contributed by atoms with Crippen LogP contribution in [0.4, 0.5) is 0 Å². The summed E-state index contributed by atoms with van der Waals surface area (Å²) in [4.78, 5) is 4.59. The topological polar surface area (TPSA) is 50.3 Å². The molecule has 0 radical (unpaired) electrons. The van der Waals surface area contributed by atoms with Crippen molar-refractivity contribution in [1.29, 1.82) is 0 Å².